The quantitative estimate of drug-likeness (QED) is 0.476. The highest BCUT2D eigenvalue weighted by Crippen LogP contribution is 2.41. The van der Waals surface area contributed by atoms with Gasteiger partial charge in [-0.05, 0) is 46.2 Å². The lowest BCUT2D eigenvalue weighted by Gasteiger charge is -2.30. The maximum atomic E-state index is 15.3. The zero-order valence-electron chi connectivity index (χ0n) is 20.2. The summed E-state index contributed by atoms with van der Waals surface area (Å²) in [5, 5.41) is 12.4. The van der Waals surface area contributed by atoms with Crippen molar-refractivity contribution in [2.45, 2.75) is 62.0 Å². The number of anilines is 1. The molecule has 1 aliphatic rings. The summed E-state index contributed by atoms with van der Waals surface area (Å²) in [5.41, 5.74) is -3.13. The van der Waals surface area contributed by atoms with E-state index in [9.17, 15) is 22.3 Å². The van der Waals surface area contributed by atoms with E-state index >= 15 is 4.39 Å². The molecule has 194 valence electrons. The lowest BCUT2D eigenvalue weighted by atomic mass is 9.91. The molecule has 2 N–H and O–H groups in total. The van der Waals surface area contributed by atoms with Crippen LogP contribution in [0.15, 0.2) is 35.5 Å². The predicted molar refractivity (Wildman–Crippen MR) is 127 cm³/mol. The molecule has 0 spiro atoms. The van der Waals surface area contributed by atoms with E-state index in [2.05, 4.69) is 20.3 Å². The molecule has 0 saturated carbocycles. The third kappa shape index (κ3) is 4.64. The van der Waals surface area contributed by atoms with E-state index in [1.807, 2.05) is 0 Å². The Hall–Kier alpha value is -2.83. The number of hydrogen-bond donors (Lipinski definition) is 2. The van der Waals surface area contributed by atoms with Crippen LogP contribution in [0, 0.1) is 12.7 Å². The number of rotatable bonds is 7. The number of aromatic nitrogens is 3. The molecule has 0 radical (unpaired) electrons. The lowest BCUT2D eigenvalue weighted by molar-refractivity contribution is -0.170. The molecule has 1 aromatic carbocycles. The second-order valence-corrected chi connectivity index (χ2v) is 11.6. The van der Waals surface area contributed by atoms with Crippen LogP contribution in [0.25, 0.3) is 10.9 Å². The van der Waals surface area contributed by atoms with Gasteiger partial charge in [-0.3, -0.25) is 0 Å². The second kappa shape index (κ2) is 9.24. The minimum atomic E-state index is -3.84. The van der Waals surface area contributed by atoms with Crippen molar-refractivity contribution in [1.82, 2.24) is 15.0 Å². The van der Waals surface area contributed by atoms with E-state index in [4.69, 9.17) is 4.74 Å². The van der Waals surface area contributed by atoms with Crippen molar-refractivity contribution in [2.75, 3.05) is 18.5 Å². The number of benzene rings is 1. The molecule has 4 rings (SSSR count). The number of nitrogens with one attached hydrogen (secondary N) is 1. The summed E-state index contributed by atoms with van der Waals surface area (Å²) >= 11 is 0. The number of sulfone groups is 1. The lowest BCUT2D eigenvalue weighted by Crippen LogP contribution is -2.41. The summed E-state index contributed by atoms with van der Waals surface area (Å²) in [5.74, 6) is -4.46. The maximum absolute atomic E-state index is 15.3. The first-order valence-corrected chi connectivity index (χ1v) is 12.9. The highest BCUT2D eigenvalue weighted by Gasteiger charge is 2.49. The van der Waals surface area contributed by atoms with E-state index in [0.29, 0.717) is 29.8 Å². The van der Waals surface area contributed by atoms with Crippen molar-refractivity contribution in [3.8, 4) is 0 Å². The van der Waals surface area contributed by atoms with Crippen molar-refractivity contribution >= 4 is 26.6 Å². The number of nitrogens with zero attached hydrogens (tertiary/aromatic N) is 3. The Morgan fingerprint density at radius 1 is 1.25 bits per heavy atom. The van der Waals surface area contributed by atoms with Gasteiger partial charge in [0.15, 0.2) is 5.03 Å². The zero-order valence-corrected chi connectivity index (χ0v) is 21.0. The third-order valence-electron chi connectivity index (χ3n) is 6.24. The number of aryl methyl sites for hydroxylation is 1. The molecular formula is C24H27F3N4O4S. The van der Waals surface area contributed by atoms with Crippen LogP contribution >= 0.6 is 0 Å². The van der Waals surface area contributed by atoms with E-state index in [1.54, 1.807) is 13.8 Å². The largest absolute Gasteiger partial charge is 0.384 e. The van der Waals surface area contributed by atoms with Crippen molar-refractivity contribution in [1.29, 1.82) is 0 Å². The smallest absolute Gasteiger partial charge is 0.303 e. The molecular weight excluding hydrogens is 497 g/mol. The number of halogens is 3. The normalized spacial score (nSPS) is 17.9. The van der Waals surface area contributed by atoms with Crippen molar-refractivity contribution in [3.63, 3.8) is 0 Å². The van der Waals surface area contributed by atoms with Crippen LogP contribution < -0.4 is 5.32 Å². The van der Waals surface area contributed by atoms with E-state index in [1.165, 1.54) is 24.4 Å². The molecule has 0 aliphatic carbocycles. The number of ether oxygens (including phenoxy) is 1. The fourth-order valence-electron chi connectivity index (χ4n) is 4.06. The van der Waals surface area contributed by atoms with Crippen molar-refractivity contribution < 1.29 is 31.4 Å². The molecule has 8 nitrogen and oxygen atoms in total. The Labute approximate surface area is 206 Å². The van der Waals surface area contributed by atoms with Gasteiger partial charge in [0.2, 0.25) is 9.84 Å². The summed E-state index contributed by atoms with van der Waals surface area (Å²) < 4.78 is 76.0. The van der Waals surface area contributed by atoms with Crippen LogP contribution in [-0.2, 0) is 20.5 Å². The monoisotopic (exact) mass is 524 g/mol. The van der Waals surface area contributed by atoms with Gasteiger partial charge in [0.1, 0.15) is 23.1 Å². The average molecular weight is 525 g/mol. The molecule has 36 heavy (non-hydrogen) atoms. The summed E-state index contributed by atoms with van der Waals surface area (Å²) in [4.78, 5) is 12.7. The Morgan fingerprint density at radius 2 is 1.97 bits per heavy atom. The topological polar surface area (TPSA) is 114 Å². The molecule has 1 saturated heterocycles. The minimum Gasteiger partial charge on any atom is -0.384 e. The summed E-state index contributed by atoms with van der Waals surface area (Å²) in [6.07, 6.45) is 1.69. The Morgan fingerprint density at radius 3 is 2.61 bits per heavy atom. The van der Waals surface area contributed by atoms with Gasteiger partial charge in [0, 0.05) is 17.6 Å². The number of aliphatic hydroxyl groups is 1. The van der Waals surface area contributed by atoms with Gasteiger partial charge in [0.25, 0.3) is 0 Å². The summed E-state index contributed by atoms with van der Waals surface area (Å²) in [6.45, 7) is 5.44. The van der Waals surface area contributed by atoms with Gasteiger partial charge >= 0.3 is 5.92 Å². The van der Waals surface area contributed by atoms with Crippen LogP contribution in [0.2, 0.25) is 0 Å². The first kappa shape index (κ1) is 26.2. The standard InChI is InChI=1S/C24H27F3N4O4S/c1-13(16-6-5-7-18(21(16)25)24(26,27)23(3,4)32)29-22-17-10-20(28-11-19(17)30-14(2)31-22)36(33,34)15-8-9-35-12-15/h5-7,10-11,13,15,32H,8-9,12H2,1-4H3,(H,29,30,31)/t13-,15-/m1/s1. The Balaban J connectivity index is 1.74. The van der Waals surface area contributed by atoms with Gasteiger partial charge in [-0.25, -0.2) is 27.8 Å². The van der Waals surface area contributed by atoms with Crippen LogP contribution in [0.1, 0.15) is 50.2 Å². The van der Waals surface area contributed by atoms with Gasteiger partial charge in [-0.1, -0.05) is 12.1 Å². The molecule has 3 aromatic rings. The molecule has 12 heteroatoms. The zero-order chi connectivity index (χ0) is 26.5. The fourth-order valence-corrected chi connectivity index (χ4v) is 5.57. The van der Waals surface area contributed by atoms with Crippen LogP contribution in [0.4, 0.5) is 19.0 Å². The Kier molecular flexibility index (Phi) is 6.73. The molecule has 0 amide bonds. The van der Waals surface area contributed by atoms with E-state index < -0.39 is 44.0 Å². The van der Waals surface area contributed by atoms with Gasteiger partial charge in [-0.2, -0.15) is 8.78 Å². The van der Waals surface area contributed by atoms with Crippen LogP contribution in [0.5, 0.6) is 0 Å². The average Bonchev–Trinajstić information content (AvgIpc) is 3.34. The number of alkyl halides is 2. The van der Waals surface area contributed by atoms with E-state index in [0.717, 1.165) is 19.9 Å². The SMILES string of the molecule is Cc1nc(N[C@H](C)c2cccc(C(F)(F)C(C)(C)O)c2F)c2cc(S(=O)(=O)[C@@H]3CCOC3)ncc2n1. The predicted octanol–water partition coefficient (Wildman–Crippen LogP) is 4.07. The molecule has 1 fully saturated rings. The highest BCUT2D eigenvalue weighted by molar-refractivity contribution is 7.92. The Bertz CT molecular complexity index is 1400. The second-order valence-electron chi connectivity index (χ2n) is 9.40. The first-order valence-electron chi connectivity index (χ1n) is 11.3. The highest BCUT2D eigenvalue weighted by atomic mass is 32.2. The summed E-state index contributed by atoms with van der Waals surface area (Å²) in [6, 6.07) is 4.07. The van der Waals surface area contributed by atoms with E-state index in [-0.39, 0.29) is 23.0 Å². The molecule has 3 heterocycles. The number of pyridine rings is 1. The van der Waals surface area contributed by atoms with Crippen LogP contribution in [0.3, 0.4) is 0 Å². The van der Waals surface area contributed by atoms with Crippen molar-refractivity contribution in [3.05, 3.63) is 53.2 Å². The number of hydrogen-bond acceptors (Lipinski definition) is 8. The molecule has 0 unspecified atom stereocenters. The first-order chi connectivity index (χ1) is 16.7. The third-order valence-corrected chi connectivity index (χ3v) is 8.30. The molecule has 0 bridgehead atoms. The van der Waals surface area contributed by atoms with Crippen LogP contribution in [-0.4, -0.2) is 52.5 Å². The fraction of sp³-hybridized carbons (Fsp3) is 0.458. The van der Waals surface area contributed by atoms with Gasteiger partial charge in [-0.15, -0.1) is 0 Å². The van der Waals surface area contributed by atoms with Gasteiger partial charge < -0.3 is 15.2 Å². The molecule has 2 atom stereocenters. The minimum absolute atomic E-state index is 0.0779. The molecule has 1 aliphatic heterocycles. The number of fused-ring (bicyclic) bond motifs is 1. The van der Waals surface area contributed by atoms with Gasteiger partial charge in [0.05, 0.1) is 35.2 Å². The summed E-state index contributed by atoms with van der Waals surface area (Å²) in [7, 11) is -3.77. The van der Waals surface area contributed by atoms with Crippen molar-refractivity contribution in [2.24, 2.45) is 0 Å². The molecule has 2 aromatic heterocycles. The maximum Gasteiger partial charge on any atom is 0.303 e.